The molecule has 16 heavy (non-hydrogen) atoms. The third-order valence-corrected chi connectivity index (χ3v) is 2.84. The number of ether oxygens (including phenoxy) is 1. The van der Waals surface area contributed by atoms with Gasteiger partial charge in [-0.15, -0.1) is 0 Å². The van der Waals surface area contributed by atoms with Gasteiger partial charge in [0.2, 0.25) is 0 Å². The molecule has 0 unspecified atom stereocenters. The topological polar surface area (TPSA) is 51.4 Å². The minimum absolute atomic E-state index is 0.597. The van der Waals surface area contributed by atoms with Gasteiger partial charge in [-0.1, -0.05) is 6.07 Å². The number of methoxy groups -OCH3 is 1. The van der Waals surface area contributed by atoms with E-state index in [0.717, 1.165) is 31.4 Å². The lowest BCUT2D eigenvalue weighted by Gasteiger charge is -2.21. The number of aromatic nitrogens is 1. The maximum atomic E-state index is 5.67. The smallest absolute Gasteiger partial charge is 0.123 e. The van der Waals surface area contributed by atoms with Crippen LogP contribution in [0.5, 0.6) is 0 Å². The second-order valence-corrected chi connectivity index (χ2v) is 4.25. The number of hydrogen-bond acceptors (Lipinski definition) is 4. The monoisotopic (exact) mass is 221 g/mol. The first-order chi connectivity index (χ1) is 7.79. The van der Waals surface area contributed by atoms with E-state index in [1.165, 1.54) is 12.8 Å². The van der Waals surface area contributed by atoms with Crippen LogP contribution >= 0.6 is 0 Å². The summed E-state index contributed by atoms with van der Waals surface area (Å²) in [6.07, 6.45) is 2.60. The predicted molar refractivity (Wildman–Crippen MR) is 64.0 cm³/mol. The summed E-state index contributed by atoms with van der Waals surface area (Å²) in [5.74, 6) is 0.597. The molecule has 1 heterocycles. The lowest BCUT2D eigenvalue weighted by molar-refractivity contribution is 0.139. The van der Waals surface area contributed by atoms with Gasteiger partial charge in [-0.3, -0.25) is 4.90 Å². The fourth-order valence-electron chi connectivity index (χ4n) is 1.83. The molecule has 2 N–H and O–H groups in total. The van der Waals surface area contributed by atoms with E-state index in [4.69, 9.17) is 10.5 Å². The zero-order chi connectivity index (χ0) is 11.4. The molecule has 1 fully saturated rings. The predicted octanol–water partition coefficient (Wildman–Crippen LogP) is 1.27. The number of nitrogens with two attached hydrogens (primary N) is 1. The molecule has 1 aliphatic carbocycles. The Morgan fingerprint density at radius 2 is 2.31 bits per heavy atom. The van der Waals surface area contributed by atoms with Gasteiger partial charge in [-0.25, -0.2) is 4.98 Å². The second-order valence-electron chi connectivity index (χ2n) is 4.25. The minimum Gasteiger partial charge on any atom is -0.384 e. The van der Waals surface area contributed by atoms with Gasteiger partial charge in [0.15, 0.2) is 0 Å². The molecule has 1 aromatic rings. The molecule has 0 atom stereocenters. The standard InChI is InChI=1S/C12H19N3O/c1-16-8-7-15(11-5-6-11)9-10-3-2-4-12(13)14-10/h2-4,11H,5-9H2,1H3,(H2,13,14). The largest absolute Gasteiger partial charge is 0.384 e. The van der Waals surface area contributed by atoms with Crippen molar-refractivity contribution in [1.29, 1.82) is 0 Å². The summed E-state index contributed by atoms with van der Waals surface area (Å²) < 4.78 is 5.12. The van der Waals surface area contributed by atoms with E-state index in [2.05, 4.69) is 9.88 Å². The molecule has 2 rings (SSSR count). The zero-order valence-electron chi connectivity index (χ0n) is 9.72. The highest BCUT2D eigenvalue weighted by molar-refractivity contribution is 5.28. The average molecular weight is 221 g/mol. The normalized spacial score (nSPS) is 15.6. The van der Waals surface area contributed by atoms with Crippen molar-refractivity contribution in [2.45, 2.75) is 25.4 Å². The van der Waals surface area contributed by atoms with Crippen molar-refractivity contribution in [3.05, 3.63) is 23.9 Å². The summed E-state index contributed by atoms with van der Waals surface area (Å²) in [7, 11) is 1.74. The first-order valence-electron chi connectivity index (χ1n) is 5.74. The highest BCUT2D eigenvalue weighted by Gasteiger charge is 2.28. The molecule has 0 spiro atoms. The quantitative estimate of drug-likeness (QED) is 0.786. The van der Waals surface area contributed by atoms with Crippen molar-refractivity contribution in [3.8, 4) is 0 Å². The summed E-state index contributed by atoms with van der Waals surface area (Å²) in [6, 6.07) is 6.52. The average Bonchev–Trinajstić information content (AvgIpc) is 3.08. The molecule has 0 bridgehead atoms. The highest BCUT2D eigenvalue weighted by Crippen LogP contribution is 2.27. The van der Waals surface area contributed by atoms with Gasteiger partial charge in [-0.05, 0) is 25.0 Å². The second kappa shape index (κ2) is 5.27. The van der Waals surface area contributed by atoms with Crippen LogP contribution in [0.15, 0.2) is 18.2 Å². The molecule has 0 aliphatic heterocycles. The van der Waals surface area contributed by atoms with E-state index in [9.17, 15) is 0 Å². The molecule has 0 saturated heterocycles. The van der Waals surface area contributed by atoms with Crippen LogP contribution < -0.4 is 5.73 Å². The molecular weight excluding hydrogens is 202 g/mol. The first-order valence-corrected chi connectivity index (χ1v) is 5.74. The maximum absolute atomic E-state index is 5.67. The summed E-state index contributed by atoms with van der Waals surface area (Å²) in [4.78, 5) is 6.75. The van der Waals surface area contributed by atoms with Crippen molar-refractivity contribution >= 4 is 5.82 Å². The number of rotatable bonds is 6. The number of nitrogen functional groups attached to an aromatic ring is 1. The number of nitrogens with zero attached hydrogens (tertiary/aromatic N) is 2. The molecule has 0 radical (unpaired) electrons. The Labute approximate surface area is 96.4 Å². The minimum atomic E-state index is 0.597. The SMILES string of the molecule is COCCN(Cc1cccc(N)n1)C1CC1. The third kappa shape index (κ3) is 3.18. The van der Waals surface area contributed by atoms with E-state index < -0.39 is 0 Å². The van der Waals surface area contributed by atoms with Crippen molar-refractivity contribution in [2.24, 2.45) is 0 Å². The molecule has 1 aromatic heterocycles. The van der Waals surface area contributed by atoms with Crippen LogP contribution in [0.25, 0.3) is 0 Å². The van der Waals surface area contributed by atoms with Gasteiger partial charge in [0.1, 0.15) is 5.82 Å². The van der Waals surface area contributed by atoms with Gasteiger partial charge < -0.3 is 10.5 Å². The lowest BCUT2D eigenvalue weighted by atomic mass is 10.3. The Hall–Kier alpha value is -1.13. The van der Waals surface area contributed by atoms with Crippen LogP contribution in [0, 0.1) is 0 Å². The van der Waals surface area contributed by atoms with Crippen LogP contribution in [0.1, 0.15) is 18.5 Å². The fraction of sp³-hybridized carbons (Fsp3) is 0.583. The number of pyridine rings is 1. The van der Waals surface area contributed by atoms with Crippen molar-refractivity contribution in [3.63, 3.8) is 0 Å². The number of anilines is 1. The zero-order valence-corrected chi connectivity index (χ0v) is 9.72. The van der Waals surface area contributed by atoms with Crippen LogP contribution in [0.3, 0.4) is 0 Å². The van der Waals surface area contributed by atoms with Crippen LogP contribution in [0.4, 0.5) is 5.82 Å². The van der Waals surface area contributed by atoms with Gasteiger partial charge in [0, 0.05) is 26.2 Å². The van der Waals surface area contributed by atoms with Crippen LogP contribution in [-0.2, 0) is 11.3 Å². The molecule has 0 amide bonds. The molecule has 0 aromatic carbocycles. The summed E-state index contributed by atoms with van der Waals surface area (Å²) in [5.41, 5.74) is 6.72. The Morgan fingerprint density at radius 3 is 2.94 bits per heavy atom. The van der Waals surface area contributed by atoms with Gasteiger partial charge in [0.05, 0.1) is 12.3 Å². The summed E-state index contributed by atoms with van der Waals surface area (Å²) in [5, 5.41) is 0. The molecule has 4 nitrogen and oxygen atoms in total. The van der Waals surface area contributed by atoms with Gasteiger partial charge in [-0.2, -0.15) is 0 Å². The molecular formula is C12H19N3O. The van der Waals surface area contributed by atoms with E-state index in [1.54, 1.807) is 7.11 Å². The molecule has 88 valence electrons. The Morgan fingerprint density at radius 1 is 1.50 bits per heavy atom. The number of hydrogen-bond donors (Lipinski definition) is 1. The van der Waals surface area contributed by atoms with Gasteiger partial charge in [0.25, 0.3) is 0 Å². The summed E-state index contributed by atoms with van der Waals surface area (Å²) >= 11 is 0. The van der Waals surface area contributed by atoms with E-state index in [-0.39, 0.29) is 0 Å². The Bertz CT molecular complexity index is 339. The van der Waals surface area contributed by atoms with E-state index >= 15 is 0 Å². The van der Waals surface area contributed by atoms with Crippen LogP contribution in [0.2, 0.25) is 0 Å². The van der Waals surface area contributed by atoms with E-state index in [0.29, 0.717) is 5.82 Å². The highest BCUT2D eigenvalue weighted by atomic mass is 16.5. The van der Waals surface area contributed by atoms with Crippen molar-refractivity contribution in [2.75, 3.05) is 26.0 Å². The molecule has 4 heteroatoms. The lowest BCUT2D eigenvalue weighted by Crippen LogP contribution is -2.29. The van der Waals surface area contributed by atoms with Crippen molar-refractivity contribution < 1.29 is 4.74 Å². The third-order valence-electron chi connectivity index (χ3n) is 2.84. The van der Waals surface area contributed by atoms with Gasteiger partial charge >= 0.3 is 0 Å². The Kier molecular flexibility index (Phi) is 3.74. The first kappa shape index (κ1) is 11.4. The molecule has 1 saturated carbocycles. The molecule has 1 aliphatic rings. The fourth-order valence-corrected chi connectivity index (χ4v) is 1.83. The summed E-state index contributed by atoms with van der Waals surface area (Å²) in [6.45, 7) is 2.62. The van der Waals surface area contributed by atoms with E-state index in [1.807, 2.05) is 18.2 Å². The Balaban J connectivity index is 1.94. The van der Waals surface area contributed by atoms with Crippen molar-refractivity contribution in [1.82, 2.24) is 9.88 Å². The van der Waals surface area contributed by atoms with Crippen LogP contribution in [-0.4, -0.2) is 36.2 Å². The maximum Gasteiger partial charge on any atom is 0.123 e.